The lowest BCUT2D eigenvalue weighted by Crippen LogP contribution is -2.49. The van der Waals surface area contributed by atoms with Crippen LogP contribution in [0.15, 0.2) is 0 Å². The van der Waals surface area contributed by atoms with Crippen LogP contribution in [0.25, 0.3) is 0 Å². The zero-order valence-electron chi connectivity index (χ0n) is 13.0. The Labute approximate surface area is 118 Å². The van der Waals surface area contributed by atoms with E-state index < -0.39 is 0 Å². The van der Waals surface area contributed by atoms with E-state index in [2.05, 4.69) is 26.1 Å². The Morgan fingerprint density at radius 2 is 1.74 bits per heavy atom. The molecule has 112 valence electrons. The molecule has 1 amide bonds. The Bertz CT molecular complexity index is 258. The van der Waals surface area contributed by atoms with Crippen LogP contribution in [-0.4, -0.2) is 18.5 Å². The second kappa shape index (κ2) is 7.88. The fourth-order valence-electron chi connectivity index (χ4n) is 3.24. The molecule has 3 N–H and O–H groups in total. The van der Waals surface area contributed by atoms with Crippen molar-refractivity contribution in [1.29, 1.82) is 0 Å². The van der Waals surface area contributed by atoms with Crippen LogP contribution < -0.4 is 11.1 Å². The number of hydrogen-bond donors (Lipinski definition) is 2. The number of hydrogen-bond acceptors (Lipinski definition) is 2. The molecule has 0 unspecified atom stereocenters. The van der Waals surface area contributed by atoms with Crippen LogP contribution in [0.4, 0.5) is 0 Å². The molecule has 0 aromatic rings. The standard InChI is InChI=1S/C16H32N2O/c1-4-16(5-2,12-17)15(19)18-13(3)14-10-8-6-7-9-11-14/h13-14H,4-12,17H2,1-3H3,(H,18,19)/t13-/m0/s1. The van der Waals surface area contributed by atoms with Crippen molar-refractivity contribution in [3.8, 4) is 0 Å². The van der Waals surface area contributed by atoms with Crippen molar-refractivity contribution in [3.05, 3.63) is 0 Å². The lowest BCUT2D eigenvalue weighted by atomic mass is 9.80. The van der Waals surface area contributed by atoms with Gasteiger partial charge in [0.05, 0.1) is 5.41 Å². The lowest BCUT2D eigenvalue weighted by molar-refractivity contribution is -0.132. The van der Waals surface area contributed by atoms with Gasteiger partial charge < -0.3 is 11.1 Å². The molecule has 0 aliphatic heterocycles. The number of carbonyl (C=O) groups excluding carboxylic acids is 1. The van der Waals surface area contributed by atoms with Gasteiger partial charge in [0.1, 0.15) is 0 Å². The highest BCUT2D eigenvalue weighted by Gasteiger charge is 2.34. The SMILES string of the molecule is CCC(CC)(CN)C(=O)N[C@@H](C)C1CCCCCC1. The Hall–Kier alpha value is -0.570. The molecule has 3 nitrogen and oxygen atoms in total. The Morgan fingerprint density at radius 3 is 2.16 bits per heavy atom. The number of nitrogens with two attached hydrogens (primary N) is 1. The molecule has 0 saturated heterocycles. The maximum absolute atomic E-state index is 12.5. The second-order valence-electron chi connectivity index (χ2n) is 6.21. The van der Waals surface area contributed by atoms with E-state index in [1.54, 1.807) is 0 Å². The van der Waals surface area contributed by atoms with Crippen molar-refractivity contribution in [3.63, 3.8) is 0 Å². The fraction of sp³-hybridized carbons (Fsp3) is 0.938. The van der Waals surface area contributed by atoms with E-state index >= 15 is 0 Å². The summed E-state index contributed by atoms with van der Waals surface area (Å²) in [6.07, 6.45) is 9.50. The zero-order valence-corrected chi connectivity index (χ0v) is 13.0. The van der Waals surface area contributed by atoms with Gasteiger partial charge in [-0.1, -0.05) is 39.5 Å². The van der Waals surface area contributed by atoms with E-state index in [1.807, 2.05) is 0 Å². The molecule has 0 aromatic carbocycles. The summed E-state index contributed by atoms with van der Waals surface area (Å²) >= 11 is 0. The molecular formula is C16H32N2O. The van der Waals surface area contributed by atoms with E-state index in [1.165, 1.54) is 38.5 Å². The van der Waals surface area contributed by atoms with Crippen LogP contribution in [0.5, 0.6) is 0 Å². The van der Waals surface area contributed by atoms with Crippen LogP contribution in [0.3, 0.4) is 0 Å². The van der Waals surface area contributed by atoms with Gasteiger partial charge in [-0.3, -0.25) is 4.79 Å². The predicted molar refractivity (Wildman–Crippen MR) is 80.9 cm³/mol. The van der Waals surface area contributed by atoms with Crippen molar-refractivity contribution in [1.82, 2.24) is 5.32 Å². The number of nitrogens with one attached hydrogen (secondary N) is 1. The first-order valence-electron chi connectivity index (χ1n) is 8.10. The minimum atomic E-state index is -0.362. The fourth-order valence-corrected chi connectivity index (χ4v) is 3.24. The Balaban J connectivity index is 2.58. The maximum atomic E-state index is 12.5. The largest absolute Gasteiger partial charge is 0.353 e. The van der Waals surface area contributed by atoms with Gasteiger partial charge in [-0.2, -0.15) is 0 Å². The number of carbonyl (C=O) groups is 1. The topological polar surface area (TPSA) is 55.1 Å². The average Bonchev–Trinajstić information content (AvgIpc) is 2.70. The Kier molecular flexibility index (Phi) is 6.84. The molecule has 1 fully saturated rings. The lowest BCUT2D eigenvalue weighted by Gasteiger charge is -2.32. The summed E-state index contributed by atoms with van der Waals surface area (Å²) in [5, 5.41) is 3.25. The first-order chi connectivity index (χ1) is 9.09. The van der Waals surface area contributed by atoms with Crippen LogP contribution in [0.2, 0.25) is 0 Å². The van der Waals surface area contributed by atoms with Gasteiger partial charge in [0, 0.05) is 12.6 Å². The number of amides is 1. The molecular weight excluding hydrogens is 236 g/mol. The summed E-state index contributed by atoms with van der Waals surface area (Å²) in [5.41, 5.74) is 5.49. The van der Waals surface area contributed by atoms with Crippen LogP contribution in [-0.2, 0) is 4.79 Å². The summed E-state index contributed by atoms with van der Waals surface area (Å²) in [6, 6.07) is 0.287. The molecule has 1 saturated carbocycles. The maximum Gasteiger partial charge on any atom is 0.227 e. The van der Waals surface area contributed by atoms with Crippen molar-refractivity contribution < 1.29 is 4.79 Å². The normalized spacial score (nSPS) is 19.8. The van der Waals surface area contributed by atoms with Gasteiger partial charge in [-0.15, -0.1) is 0 Å². The van der Waals surface area contributed by atoms with Crippen LogP contribution in [0, 0.1) is 11.3 Å². The van der Waals surface area contributed by atoms with Crippen molar-refractivity contribution in [2.24, 2.45) is 17.1 Å². The van der Waals surface area contributed by atoms with Crippen LogP contribution in [0.1, 0.15) is 72.1 Å². The van der Waals surface area contributed by atoms with Gasteiger partial charge in [-0.05, 0) is 38.5 Å². The molecule has 1 rings (SSSR count). The third-order valence-electron chi connectivity index (χ3n) is 5.19. The highest BCUT2D eigenvalue weighted by molar-refractivity contribution is 5.83. The summed E-state index contributed by atoms with van der Waals surface area (Å²) in [7, 11) is 0. The predicted octanol–water partition coefficient (Wildman–Crippen LogP) is 3.23. The summed E-state index contributed by atoms with van der Waals surface area (Å²) in [5.74, 6) is 0.812. The van der Waals surface area contributed by atoms with Crippen molar-refractivity contribution in [2.75, 3.05) is 6.54 Å². The third kappa shape index (κ3) is 4.20. The van der Waals surface area contributed by atoms with E-state index in [0.717, 1.165) is 12.8 Å². The first-order valence-corrected chi connectivity index (χ1v) is 8.10. The quantitative estimate of drug-likeness (QED) is 0.727. The molecule has 0 bridgehead atoms. The van der Waals surface area contributed by atoms with E-state index in [0.29, 0.717) is 12.5 Å². The minimum Gasteiger partial charge on any atom is -0.353 e. The van der Waals surface area contributed by atoms with Gasteiger partial charge in [0.15, 0.2) is 0 Å². The summed E-state index contributed by atoms with van der Waals surface area (Å²) < 4.78 is 0. The second-order valence-corrected chi connectivity index (χ2v) is 6.21. The first kappa shape index (κ1) is 16.5. The molecule has 19 heavy (non-hydrogen) atoms. The highest BCUT2D eigenvalue weighted by atomic mass is 16.2. The molecule has 0 spiro atoms. The number of rotatable bonds is 6. The van der Waals surface area contributed by atoms with Gasteiger partial charge in [0.2, 0.25) is 5.91 Å². The molecule has 1 aliphatic carbocycles. The van der Waals surface area contributed by atoms with Gasteiger partial charge in [0.25, 0.3) is 0 Å². The van der Waals surface area contributed by atoms with Crippen molar-refractivity contribution >= 4 is 5.91 Å². The molecule has 3 heteroatoms. The summed E-state index contributed by atoms with van der Waals surface area (Å²) in [6.45, 7) is 6.74. The molecule has 0 heterocycles. The van der Waals surface area contributed by atoms with E-state index in [9.17, 15) is 4.79 Å². The highest BCUT2D eigenvalue weighted by Crippen LogP contribution is 2.28. The molecule has 1 aliphatic rings. The minimum absolute atomic E-state index is 0.164. The van der Waals surface area contributed by atoms with Gasteiger partial charge >= 0.3 is 0 Å². The Morgan fingerprint density at radius 1 is 1.21 bits per heavy atom. The van der Waals surface area contributed by atoms with Crippen molar-refractivity contribution in [2.45, 2.75) is 78.2 Å². The average molecular weight is 268 g/mol. The zero-order chi connectivity index (χ0) is 14.3. The molecule has 1 atom stereocenters. The van der Waals surface area contributed by atoms with Crippen LogP contribution >= 0.6 is 0 Å². The van der Waals surface area contributed by atoms with E-state index in [-0.39, 0.29) is 17.4 Å². The van der Waals surface area contributed by atoms with E-state index in [4.69, 9.17) is 5.73 Å². The summed E-state index contributed by atoms with van der Waals surface area (Å²) in [4.78, 5) is 12.5. The smallest absolute Gasteiger partial charge is 0.227 e. The van der Waals surface area contributed by atoms with Gasteiger partial charge in [-0.25, -0.2) is 0 Å². The monoisotopic (exact) mass is 268 g/mol. The third-order valence-corrected chi connectivity index (χ3v) is 5.19. The molecule has 0 radical (unpaired) electrons. The molecule has 0 aromatic heterocycles.